The zero-order chi connectivity index (χ0) is 29.5. The minimum absolute atomic E-state index is 0.161. The number of aliphatic hydroxyl groups excluding tert-OH is 1. The van der Waals surface area contributed by atoms with Crippen molar-refractivity contribution in [2.75, 3.05) is 24.2 Å². The van der Waals surface area contributed by atoms with Gasteiger partial charge in [-0.2, -0.15) is 13.2 Å². The zero-order valence-corrected chi connectivity index (χ0v) is 22.0. The van der Waals surface area contributed by atoms with E-state index in [0.717, 1.165) is 18.3 Å². The maximum atomic E-state index is 13.0. The molecular weight excluding hydrogens is 543 g/mol. The Labute approximate surface area is 231 Å². The molecule has 0 radical (unpaired) electrons. The summed E-state index contributed by atoms with van der Waals surface area (Å²) >= 11 is 0. The highest BCUT2D eigenvalue weighted by Gasteiger charge is 2.35. The number of fused-ring (bicyclic) bond motifs is 1. The van der Waals surface area contributed by atoms with Crippen LogP contribution in [0.3, 0.4) is 0 Å². The molecule has 1 saturated heterocycles. The highest BCUT2D eigenvalue weighted by atomic mass is 19.4. The number of nitrogens with zero attached hydrogens (tertiary/aromatic N) is 5. The fourth-order valence-corrected chi connectivity index (χ4v) is 4.62. The van der Waals surface area contributed by atoms with E-state index in [-0.39, 0.29) is 36.4 Å². The lowest BCUT2D eigenvalue weighted by Gasteiger charge is -2.38. The molecule has 0 bridgehead atoms. The summed E-state index contributed by atoms with van der Waals surface area (Å²) in [5, 5.41) is 12.2. The van der Waals surface area contributed by atoms with Gasteiger partial charge in [-0.05, 0) is 38.1 Å². The van der Waals surface area contributed by atoms with Gasteiger partial charge in [0.1, 0.15) is 40.9 Å². The summed E-state index contributed by atoms with van der Waals surface area (Å²) in [6.07, 6.45) is -2.21. The molecule has 4 aromatic rings. The van der Waals surface area contributed by atoms with Crippen LogP contribution in [0.25, 0.3) is 16.8 Å². The second-order valence-corrected chi connectivity index (χ2v) is 9.65. The number of amides is 2. The Morgan fingerprint density at radius 2 is 1.90 bits per heavy atom. The second kappa shape index (κ2) is 10.8. The number of hydrogen-bond donors (Lipinski definition) is 3. The molecule has 41 heavy (non-hydrogen) atoms. The Balaban J connectivity index is 1.43. The molecule has 2 amide bonds. The average molecular weight is 570 g/mol. The van der Waals surface area contributed by atoms with Crippen LogP contribution in [-0.4, -0.2) is 66.5 Å². The van der Waals surface area contributed by atoms with E-state index >= 15 is 0 Å². The highest BCUT2D eigenvalue weighted by molar-refractivity contribution is 6.04. The summed E-state index contributed by atoms with van der Waals surface area (Å²) in [7, 11) is 0. The number of rotatable bonds is 5. The first-order valence-corrected chi connectivity index (χ1v) is 12.6. The van der Waals surface area contributed by atoms with Crippen molar-refractivity contribution in [3.63, 3.8) is 0 Å². The first-order chi connectivity index (χ1) is 19.4. The quantitative estimate of drug-likeness (QED) is 0.332. The van der Waals surface area contributed by atoms with Gasteiger partial charge >= 0.3 is 6.18 Å². The molecule has 4 N–H and O–H groups in total. The minimum atomic E-state index is -4.57. The van der Waals surface area contributed by atoms with Gasteiger partial charge in [0.05, 0.1) is 24.8 Å². The molecule has 3 atom stereocenters. The molecule has 11 nitrogen and oxygen atoms in total. The number of morpholine rings is 1. The Bertz CT molecular complexity index is 1610. The molecule has 0 spiro atoms. The number of aromatic nitrogens is 4. The van der Waals surface area contributed by atoms with E-state index in [0.29, 0.717) is 22.6 Å². The Morgan fingerprint density at radius 3 is 2.59 bits per heavy atom. The average Bonchev–Trinajstić information content (AvgIpc) is 3.33. The topological polar surface area (TPSA) is 148 Å². The van der Waals surface area contributed by atoms with Crippen molar-refractivity contribution in [3.8, 4) is 11.3 Å². The van der Waals surface area contributed by atoms with Crippen LogP contribution >= 0.6 is 0 Å². The van der Waals surface area contributed by atoms with Gasteiger partial charge in [0.2, 0.25) is 0 Å². The van der Waals surface area contributed by atoms with Crippen LogP contribution in [0.5, 0.6) is 0 Å². The summed E-state index contributed by atoms with van der Waals surface area (Å²) in [5.41, 5.74) is 7.00. The van der Waals surface area contributed by atoms with Crippen molar-refractivity contribution in [1.29, 1.82) is 0 Å². The SMILES string of the molecule is CC(O)C(=O)N1CC(c2nc(-c3ccc(C(=O)Nc4cc(C(F)(F)F)ccn4)cc3)c3c(N)nccn23)OCC1C. The first-order valence-electron chi connectivity index (χ1n) is 12.6. The minimum Gasteiger partial charge on any atom is -0.384 e. The third-order valence-electron chi connectivity index (χ3n) is 6.72. The van der Waals surface area contributed by atoms with Gasteiger partial charge in [0.15, 0.2) is 0 Å². The monoisotopic (exact) mass is 569 g/mol. The molecule has 1 aliphatic rings. The lowest BCUT2D eigenvalue weighted by molar-refractivity contribution is -0.152. The van der Waals surface area contributed by atoms with Gasteiger partial charge in [-0.25, -0.2) is 15.0 Å². The Morgan fingerprint density at radius 1 is 1.17 bits per heavy atom. The van der Waals surface area contributed by atoms with Crippen LogP contribution in [0.1, 0.15) is 41.7 Å². The molecule has 14 heteroatoms. The number of ether oxygens (including phenoxy) is 1. The normalized spacial score (nSPS) is 18.3. The molecule has 4 heterocycles. The molecular formula is C27H26F3N7O4. The molecule has 3 unspecified atom stereocenters. The predicted molar refractivity (Wildman–Crippen MR) is 142 cm³/mol. The number of nitrogens with one attached hydrogen (secondary N) is 1. The molecule has 0 saturated carbocycles. The number of nitrogen functional groups attached to an aromatic ring is 1. The van der Waals surface area contributed by atoms with Gasteiger partial charge in [-0.15, -0.1) is 0 Å². The van der Waals surface area contributed by atoms with E-state index in [4.69, 9.17) is 15.5 Å². The number of imidazole rings is 1. The van der Waals surface area contributed by atoms with E-state index in [1.165, 1.54) is 25.3 Å². The van der Waals surface area contributed by atoms with Crippen LogP contribution in [0, 0.1) is 0 Å². The largest absolute Gasteiger partial charge is 0.416 e. The number of alkyl halides is 3. The van der Waals surface area contributed by atoms with E-state index in [9.17, 15) is 27.9 Å². The van der Waals surface area contributed by atoms with Crippen LogP contribution in [0.4, 0.5) is 24.8 Å². The van der Waals surface area contributed by atoms with Crippen molar-refractivity contribution in [2.45, 2.75) is 38.3 Å². The predicted octanol–water partition coefficient (Wildman–Crippen LogP) is 3.31. The lowest BCUT2D eigenvalue weighted by atomic mass is 10.1. The van der Waals surface area contributed by atoms with Crippen molar-refractivity contribution in [2.24, 2.45) is 0 Å². The first kappa shape index (κ1) is 28.0. The van der Waals surface area contributed by atoms with E-state index < -0.39 is 35.8 Å². The molecule has 3 aromatic heterocycles. The summed E-state index contributed by atoms with van der Waals surface area (Å²) in [6, 6.07) is 7.58. The van der Waals surface area contributed by atoms with Crippen molar-refractivity contribution in [1.82, 2.24) is 24.3 Å². The number of benzene rings is 1. The number of carbonyl (C=O) groups is 2. The lowest BCUT2D eigenvalue weighted by Crippen LogP contribution is -2.51. The Hall–Kier alpha value is -4.56. The van der Waals surface area contributed by atoms with Gasteiger partial charge in [-0.1, -0.05) is 12.1 Å². The molecule has 1 aliphatic heterocycles. The zero-order valence-electron chi connectivity index (χ0n) is 22.0. The number of nitrogens with two attached hydrogens (primary N) is 1. The van der Waals surface area contributed by atoms with Crippen molar-refractivity contribution >= 4 is 29.0 Å². The summed E-state index contributed by atoms with van der Waals surface area (Å²) in [6.45, 7) is 3.64. The van der Waals surface area contributed by atoms with Gasteiger partial charge in [0.25, 0.3) is 11.8 Å². The molecule has 5 rings (SSSR count). The van der Waals surface area contributed by atoms with E-state index in [1.807, 2.05) is 6.92 Å². The van der Waals surface area contributed by atoms with Crippen molar-refractivity contribution < 1.29 is 32.6 Å². The molecule has 214 valence electrons. The fraction of sp³-hybridized carbons (Fsp3) is 0.296. The van der Waals surface area contributed by atoms with Crippen LogP contribution in [0.2, 0.25) is 0 Å². The van der Waals surface area contributed by atoms with Gasteiger partial charge < -0.3 is 25.8 Å². The fourth-order valence-electron chi connectivity index (χ4n) is 4.62. The third-order valence-corrected chi connectivity index (χ3v) is 6.72. The summed E-state index contributed by atoms with van der Waals surface area (Å²) in [4.78, 5) is 39.6. The second-order valence-electron chi connectivity index (χ2n) is 9.65. The highest BCUT2D eigenvalue weighted by Crippen LogP contribution is 2.34. The molecule has 1 aromatic carbocycles. The standard InChI is InChI=1S/C27H26F3N7O4/c1-14-13-41-19(12-37(14)26(40)15(2)38)24-35-21(22-23(31)33-9-10-36(22)24)16-3-5-17(6-4-16)25(39)34-20-11-18(7-8-32-20)27(28,29)30/h3-11,14-15,19,38H,12-13H2,1-2H3,(H2,31,33)(H,32,34,39). The number of pyridine rings is 1. The van der Waals surface area contributed by atoms with E-state index in [2.05, 4.69) is 15.3 Å². The Kier molecular flexibility index (Phi) is 7.36. The molecule has 0 aliphatic carbocycles. The van der Waals surface area contributed by atoms with Crippen LogP contribution in [-0.2, 0) is 15.7 Å². The van der Waals surface area contributed by atoms with Crippen LogP contribution < -0.4 is 11.1 Å². The maximum Gasteiger partial charge on any atom is 0.416 e. The smallest absolute Gasteiger partial charge is 0.384 e. The third kappa shape index (κ3) is 5.56. The number of halogens is 3. The number of carbonyl (C=O) groups excluding carboxylic acids is 2. The summed E-state index contributed by atoms with van der Waals surface area (Å²) in [5.74, 6) is -0.631. The van der Waals surface area contributed by atoms with Gasteiger partial charge in [0, 0.05) is 29.7 Å². The summed E-state index contributed by atoms with van der Waals surface area (Å²) < 4.78 is 46.7. The number of hydrogen-bond acceptors (Lipinski definition) is 8. The van der Waals surface area contributed by atoms with Gasteiger partial charge in [-0.3, -0.25) is 14.0 Å². The number of aliphatic hydroxyl groups is 1. The molecule has 1 fully saturated rings. The van der Waals surface area contributed by atoms with E-state index in [1.54, 1.807) is 27.6 Å². The number of anilines is 2. The van der Waals surface area contributed by atoms with Crippen molar-refractivity contribution in [3.05, 3.63) is 71.9 Å². The maximum absolute atomic E-state index is 13.0. The van der Waals surface area contributed by atoms with Crippen LogP contribution in [0.15, 0.2) is 55.0 Å².